The average Bonchev–Trinajstić information content (AvgIpc) is 2.86. The zero-order valence-electron chi connectivity index (χ0n) is 10.2. The van der Waals surface area contributed by atoms with Crippen LogP contribution in [0.15, 0.2) is 42.3 Å². The molecule has 4 nitrogen and oxygen atoms in total. The van der Waals surface area contributed by atoms with E-state index in [0.717, 1.165) is 16.5 Å². The van der Waals surface area contributed by atoms with Gasteiger partial charge >= 0.3 is 51.4 Å². The van der Waals surface area contributed by atoms with Crippen LogP contribution in [0.2, 0.25) is 0 Å². The number of carbonyl (C=O) groups excluding carboxylic acids is 2. The molecule has 0 aliphatic heterocycles. The molecule has 20 heavy (non-hydrogen) atoms. The third kappa shape index (κ3) is 2.69. The molecule has 0 bridgehead atoms. The van der Waals surface area contributed by atoms with Gasteiger partial charge in [0.2, 0.25) is 0 Å². The van der Waals surface area contributed by atoms with Crippen LogP contribution in [0, 0.1) is 0 Å². The van der Waals surface area contributed by atoms with Crippen molar-refractivity contribution < 1.29 is 14.7 Å². The predicted molar refractivity (Wildman–Crippen MR) is 78.1 cm³/mol. The van der Waals surface area contributed by atoms with Gasteiger partial charge in [0.1, 0.15) is 0 Å². The van der Waals surface area contributed by atoms with Crippen molar-refractivity contribution in [3.8, 4) is 0 Å². The molecule has 5 heteroatoms. The number of ketones is 2. The summed E-state index contributed by atoms with van der Waals surface area (Å²) in [7, 11) is 0. The molecular formula is C15H14KNO3. The van der Waals surface area contributed by atoms with E-state index in [1.165, 1.54) is 0 Å². The summed E-state index contributed by atoms with van der Waals surface area (Å²) in [5.74, 6) is -0.671. The van der Waals surface area contributed by atoms with E-state index < -0.39 is 0 Å². The second-order valence-corrected chi connectivity index (χ2v) is 4.78. The van der Waals surface area contributed by atoms with Gasteiger partial charge in [-0.3, -0.25) is 9.59 Å². The average molecular weight is 295 g/mol. The second-order valence-electron chi connectivity index (χ2n) is 4.78. The van der Waals surface area contributed by atoms with Crippen molar-refractivity contribution in [2.24, 2.45) is 0 Å². The second kappa shape index (κ2) is 6.36. The van der Waals surface area contributed by atoms with Gasteiger partial charge in [0.25, 0.3) is 0 Å². The molecule has 0 saturated heterocycles. The molecule has 1 heterocycles. The number of Topliss-reactive ketones (excluding diaryl/α,β-unsaturated/α-hetero) is 2. The molecule has 1 saturated carbocycles. The van der Waals surface area contributed by atoms with E-state index in [2.05, 4.69) is 4.98 Å². The van der Waals surface area contributed by atoms with Crippen LogP contribution in [0.3, 0.4) is 0 Å². The van der Waals surface area contributed by atoms with Gasteiger partial charge < -0.3 is 10.1 Å². The number of fused-ring (bicyclic) bond motifs is 1. The number of aromatic amines is 1. The van der Waals surface area contributed by atoms with Crippen LogP contribution >= 0.6 is 0 Å². The summed E-state index contributed by atoms with van der Waals surface area (Å²) in [6.07, 6.45) is 3.02. The van der Waals surface area contributed by atoms with Crippen LogP contribution in [0.5, 0.6) is 0 Å². The number of hydrogen-bond donors (Lipinski definition) is 2. The van der Waals surface area contributed by atoms with E-state index >= 15 is 0 Å². The first-order chi connectivity index (χ1) is 9.20. The molecular weight excluding hydrogens is 281 g/mol. The maximum absolute atomic E-state index is 11.8. The fourth-order valence-electron chi connectivity index (χ4n) is 2.72. The Morgan fingerprint density at radius 2 is 1.85 bits per heavy atom. The third-order valence-corrected chi connectivity index (χ3v) is 3.66. The first kappa shape index (κ1) is 15.7. The van der Waals surface area contributed by atoms with Crippen LogP contribution in [0.25, 0.3) is 10.9 Å². The fraction of sp³-hybridized carbons (Fsp3) is 0.200. The molecule has 2 aromatic rings. The first-order valence-electron chi connectivity index (χ1n) is 6.17. The van der Waals surface area contributed by atoms with Gasteiger partial charge in [-0.25, -0.2) is 0 Å². The standard InChI is InChI=1S/C15H13NO3.K.H/c17-8-12-14(18)6-9(7-15(12)19)10-2-1-3-13-11(10)4-5-16-13;;/h1-5,8-9,16-17H,6-7H2;;. The normalized spacial score (nSPS) is 19.0. The molecule has 1 aliphatic carbocycles. The van der Waals surface area contributed by atoms with E-state index in [1.54, 1.807) is 0 Å². The maximum atomic E-state index is 11.8. The minimum absolute atomic E-state index is 0. The molecule has 1 aromatic carbocycles. The Morgan fingerprint density at radius 3 is 2.50 bits per heavy atom. The fourth-order valence-corrected chi connectivity index (χ4v) is 2.72. The number of benzene rings is 1. The van der Waals surface area contributed by atoms with E-state index in [0.29, 0.717) is 6.26 Å². The minimum atomic E-state index is -0.281. The number of allylic oxidation sites excluding steroid dienone is 1. The number of carbonyl (C=O) groups is 2. The molecule has 0 spiro atoms. The van der Waals surface area contributed by atoms with Crippen LogP contribution in [-0.2, 0) is 9.59 Å². The number of H-pyrrole nitrogens is 1. The number of hydrogen-bond acceptors (Lipinski definition) is 3. The number of aliphatic hydroxyl groups is 1. The Bertz CT molecular complexity index is 682. The number of aliphatic hydroxyl groups excluding tert-OH is 1. The topological polar surface area (TPSA) is 70.2 Å². The molecule has 0 amide bonds. The summed E-state index contributed by atoms with van der Waals surface area (Å²) >= 11 is 0. The van der Waals surface area contributed by atoms with Gasteiger partial charge in [0.15, 0.2) is 11.6 Å². The quantitative estimate of drug-likeness (QED) is 0.366. The molecule has 1 aliphatic rings. The Hall–Kier alpha value is -0.724. The molecule has 2 N–H and O–H groups in total. The van der Waals surface area contributed by atoms with Crippen LogP contribution in [0.1, 0.15) is 24.3 Å². The van der Waals surface area contributed by atoms with Crippen LogP contribution < -0.4 is 0 Å². The van der Waals surface area contributed by atoms with Crippen molar-refractivity contribution in [1.29, 1.82) is 0 Å². The third-order valence-electron chi connectivity index (χ3n) is 3.66. The molecule has 3 rings (SSSR count). The van der Waals surface area contributed by atoms with E-state index in [9.17, 15) is 9.59 Å². The van der Waals surface area contributed by atoms with Crippen molar-refractivity contribution in [1.82, 2.24) is 4.98 Å². The number of rotatable bonds is 1. The van der Waals surface area contributed by atoms with Crippen molar-refractivity contribution in [2.75, 3.05) is 0 Å². The van der Waals surface area contributed by atoms with Crippen molar-refractivity contribution in [3.63, 3.8) is 0 Å². The van der Waals surface area contributed by atoms with Gasteiger partial charge in [-0.1, -0.05) is 12.1 Å². The van der Waals surface area contributed by atoms with Crippen molar-refractivity contribution in [2.45, 2.75) is 18.8 Å². The summed E-state index contributed by atoms with van der Waals surface area (Å²) in [5.41, 5.74) is 1.94. The van der Waals surface area contributed by atoms with Gasteiger partial charge in [0.05, 0.1) is 11.8 Å². The molecule has 98 valence electrons. The van der Waals surface area contributed by atoms with E-state index in [1.807, 2.05) is 30.5 Å². The Labute approximate surface area is 158 Å². The van der Waals surface area contributed by atoms with Crippen LogP contribution in [-0.4, -0.2) is 73.0 Å². The first-order valence-corrected chi connectivity index (χ1v) is 6.17. The molecule has 1 aromatic heterocycles. The summed E-state index contributed by atoms with van der Waals surface area (Å²) < 4.78 is 0. The molecule has 0 unspecified atom stereocenters. The number of aromatic nitrogens is 1. The van der Waals surface area contributed by atoms with Gasteiger partial charge in [-0.2, -0.15) is 0 Å². The van der Waals surface area contributed by atoms with Gasteiger partial charge in [-0.15, -0.1) is 0 Å². The Balaban J connectivity index is 0.00000147. The summed E-state index contributed by atoms with van der Waals surface area (Å²) in [5, 5.41) is 9.96. The Morgan fingerprint density at radius 1 is 1.15 bits per heavy atom. The predicted octanol–water partition coefficient (Wildman–Crippen LogP) is 1.98. The Kier molecular flexibility index (Phi) is 4.98. The van der Waals surface area contributed by atoms with E-state index in [-0.39, 0.29) is 87.3 Å². The van der Waals surface area contributed by atoms with E-state index in [4.69, 9.17) is 5.11 Å². The molecule has 0 radical (unpaired) electrons. The zero-order valence-corrected chi connectivity index (χ0v) is 10.2. The summed E-state index contributed by atoms with van der Waals surface area (Å²) in [6, 6.07) is 7.79. The number of nitrogens with one attached hydrogen (secondary N) is 1. The molecule has 0 atom stereocenters. The monoisotopic (exact) mass is 295 g/mol. The summed E-state index contributed by atoms with van der Waals surface area (Å²) in [4.78, 5) is 26.8. The van der Waals surface area contributed by atoms with Crippen molar-refractivity contribution in [3.05, 3.63) is 47.9 Å². The van der Waals surface area contributed by atoms with Crippen LogP contribution in [0.4, 0.5) is 0 Å². The zero-order chi connectivity index (χ0) is 13.4. The van der Waals surface area contributed by atoms with Gasteiger partial charge in [0, 0.05) is 29.9 Å². The summed E-state index contributed by atoms with van der Waals surface area (Å²) in [6.45, 7) is 0. The van der Waals surface area contributed by atoms with Gasteiger partial charge in [-0.05, 0) is 23.6 Å². The van der Waals surface area contributed by atoms with Crippen molar-refractivity contribution >= 4 is 73.9 Å². The SMILES string of the molecule is O=C1CC(c2cccc3[nH]ccc23)CC(=O)C1=CO.[KH]. The molecule has 1 fully saturated rings.